The van der Waals surface area contributed by atoms with E-state index in [1.54, 1.807) is 19.1 Å². The maximum absolute atomic E-state index is 13.2. The van der Waals surface area contributed by atoms with Gasteiger partial charge in [-0.2, -0.15) is 0 Å². The first-order valence-electron chi connectivity index (χ1n) is 5.10. The molecule has 0 aliphatic carbocycles. The van der Waals surface area contributed by atoms with Crippen molar-refractivity contribution in [1.29, 1.82) is 0 Å². The summed E-state index contributed by atoms with van der Waals surface area (Å²) in [7, 11) is 0. The Morgan fingerprint density at radius 3 is 2.76 bits per heavy atom. The molecule has 17 heavy (non-hydrogen) atoms. The van der Waals surface area contributed by atoms with Crippen LogP contribution in [-0.4, -0.2) is 25.0 Å². The van der Waals surface area contributed by atoms with Crippen LogP contribution in [0.25, 0.3) is 0 Å². The molecule has 0 heterocycles. The van der Waals surface area contributed by atoms with Crippen LogP contribution in [0.2, 0.25) is 0 Å². The molecule has 0 aromatic heterocycles. The van der Waals surface area contributed by atoms with Gasteiger partial charge in [0.05, 0.1) is 6.54 Å². The zero-order valence-electron chi connectivity index (χ0n) is 9.53. The van der Waals surface area contributed by atoms with Crippen molar-refractivity contribution in [2.75, 3.05) is 13.1 Å². The fourth-order valence-electron chi connectivity index (χ4n) is 1.19. The van der Waals surface area contributed by atoms with Crippen molar-refractivity contribution in [1.82, 2.24) is 5.32 Å². The molecule has 1 aromatic rings. The molecule has 92 valence electrons. The summed E-state index contributed by atoms with van der Waals surface area (Å²) in [4.78, 5) is 15.3. The zero-order chi connectivity index (χ0) is 12.8. The van der Waals surface area contributed by atoms with Crippen molar-refractivity contribution in [3.05, 3.63) is 35.1 Å². The molecule has 0 saturated heterocycles. The van der Waals surface area contributed by atoms with Crippen molar-refractivity contribution in [3.63, 3.8) is 0 Å². The third kappa shape index (κ3) is 4.10. The van der Waals surface area contributed by atoms with Crippen molar-refractivity contribution >= 4 is 11.9 Å². The number of halogens is 1. The van der Waals surface area contributed by atoms with Gasteiger partial charge in [-0.05, 0) is 24.6 Å². The SMILES string of the molecule is Cc1ccc(C(=O)NCCN=C(N)N)cc1F. The molecular weight excluding hydrogens is 223 g/mol. The monoisotopic (exact) mass is 238 g/mol. The molecule has 0 aliphatic heterocycles. The lowest BCUT2D eigenvalue weighted by Gasteiger charge is -2.04. The van der Waals surface area contributed by atoms with Gasteiger partial charge in [0.2, 0.25) is 0 Å². The Kier molecular flexibility index (Phi) is 4.45. The molecule has 0 atom stereocenters. The molecule has 0 unspecified atom stereocenters. The predicted octanol–water partition coefficient (Wildman–Crippen LogP) is 0.137. The number of aliphatic imine (C=N–C) groups is 1. The topological polar surface area (TPSA) is 93.5 Å². The van der Waals surface area contributed by atoms with Gasteiger partial charge in [0, 0.05) is 12.1 Å². The van der Waals surface area contributed by atoms with Crippen LogP contribution in [-0.2, 0) is 0 Å². The van der Waals surface area contributed by atoms with E-state index >= 15 is 0 Å². The number of benzene rings is 1. The number of amides is 1. The number of carbonyl (C=O) groups excluding carboxylic acids is 1. The third-order valence-corrected chi connectivity index (χ3v) is 2.13. The number of nitrogens with two attached hydrogens (primary N) is 2. The fraction of sp³-hybridized carbons (Fsp3) is 0.273. The Morgan fingerprint density at radius 2 is 2.18 bits per heavy atom. The summed E-state index contributed by atoms with van der Waals surface area (Å²) in [6.07, 6.45) is 0. The van der Waals surface area contributed by atoms with Crippen LogP contribution in [0.4, 0.5) is 4.39 Å². The molecule has 5 N–H and O–H groups in total. The second-order valence-corrected chi connectivity index (χ2v) is 3.53. The molecule has 0 saturated carbocycles. The molecule has 1 amide bonds. The van der Waals surface area contributed by atoms with Gasteiger partial charge in [0.15, 0.2) is 5.96 Å². The summed E-state index contributed by atoms with van der Waals surface area (Å²) in [5.74, 6) is -0.780. The van der Waals surface area contributed by atoms with E-state index in [2.05, 4.69) is 10.3 Å². The van der Waals surface area contributed by atoms with Crippen LogP contribution in [0, 0.1) is 12.7 Å². The van der Waals surface area contributed by atoms with E-state index in [0.717, 1.165) is 0 Å². The van der Waals surface area contributed by atoms with E-state index in [-0.39, 0.29) is 17.4 Å². The zero-order valence-corrected chi connectivity index (χ0v) is 9.53. The van der Waals surface area contributed by atoms with Gasteiger partial charge in [-0.25, -0.2) is 4.39 Å². The lowest BCUT2D eigenvalue weighted by molar-refractivity contribution is 0.0954. The molecule has 0 fully saturated rings. The van der Waals surface area contributed by atoms with E-state index < -0.39 is 5.82 Å². The highest BCUT2D eigenvalue weighted by molar-refractivity contribution is 5.94. The number of rotatable bonds is 4. The van der Waals surface area contributed by atoms with Crippen LogP contribution in [0.3, 0.4) is 0 Å². The van der Waals surface area contributed by atoms with Crippen LogP contribution in [0.1, 0.15) is 15.9 Å². The molecule has 6 heteroatoms. The Hall–Kier alpha value is -2.11. The maximum Gasteiger partial charge on any atom is 0.251 e. The van der Waals surface area contributed by atoms with E-state index in [1.807, 2.05) is 0 Å². The minimum absolute atomic E-state index is 0.0272. The number of carbonyl (C=O) groups is 1. The minimum atomic E-state index is -0.401. The molecule has 0 radical (unpaired) electrons. The first kappa shape index (κ1) is 13.0. The van der Waals surface area contributed by atoms with Gasteiger partial charge >= 0.3 is 0 Å². The quantitative estimate of drug-likeness (QED) is 0.395. The highest BCUT2D eigenvalue weighted by atomic mass is 19.1. The van der Waals surface area contributed by atoms with Crippen molar-refractivity contribution in [3.8, 4) is 0 Å². The van der Waals surface area contributed by atoms with E-state index in [1.165, 1.54) is 6.07 Å². The number of aryl methyl sites for hydroxylation is 1. The van der Waals surface area contributed by atoms with E-state index in [4.69, 9.17) is 11.5 Å². The van der Waals surface area contributed by atoms with Crippen LogP contribution < -0.4 is 16.8 Å². The summed E-state index contributed by atoms with van der Waals surface area (Å²) in [5.41, 5.74) is 11.0. The number of guanidine groups is 1. The Bertz CT molecular complexity index is 441. The van der Waals surface area contributed by atoms with Gasteiger partial charge in [-0.1, -0.05) is 6.07 Å². The Labute approximate surface area is 98.7 Å². The third-order valence-electron chi connectivity index (χ3n) is 2.13. The van der Waals surface area contributed by atoms with E-state index in [0.29, 0.717) is 18.7 Å². The molecule has 0 spiro atoms. The summed E-state index contributed by atoms with van der Waals surface area (Å²) in [5, 5.41) is 2.58. The van der Waals surface area contributed by atoms with E-state index in [9.17, 15) is 9.18 Å². The van der Waals surface area contributed by atoms with Gasteiger partial charge < -0.3 is 16.8 Å². The molecule has 5 nitrogen and oxygen atoms in total. The van der Waals surface area contributed by atoms with Gasteiger partial charge in [0.1, 0.15) is 5.82 Å². The molecule has 1 aromatic carbocycles. The van der Waals surface area contributed by atoms with Gasteiger partial charge in [0.25, 0.3) is 5.91 Å². The number of hydrogen-bond acceptors (Lipinski definition) is 2. The second kappa shape index (κ2) is 5.83. The fourth-order valence-corrected chi connectivity index (χ4v) is 1.19. The first-order valence-corrected chi connectivity index (χ1v) is 5.10. The highest BCUT2D eigenvalue weighted by Gasteiger charge is 2.06. The number of nitrogens with one attached hydrogen (secondary N) is 1. The van der Waals surface area contributed by atoms with Crippen molar-refractivity contribution < 1.29 is 9.18 Å². The standard InChI is InChI=1S/C11H15FN4O/c1-7-2-3-8(6-9(7)12)10(17)15-4-5-16-11(13)14/h2-3,6H,4-5H2,1H3,(H,15,17)(H4,13,14,16). The Balaban J connectivity index is 2.52. The summed E-state index contributed by atoms with van der Waals surface area (Å²) in [6.45, 7) is 2.23. The van der Waals surface area contributed by atoms with Crippen molar-refractivity contribution in [2.45, 2.75) is 6.92 Å². The molecular formula is C11H15FN4O. The van der Waals surface area contributed by atoms with Gasteiger partial charge in [-0.15, -0.1) is 0 Å². The maximum atomic E-state index is 13.2. The Morgan fingerprint density at radius 1 is 1.47 bits per heavy atom. The summed E-state index contributed by atoms with van der Waals surface area (Å²) >= 11 is 0. The summed E-state index contributed by atoms with van der Waals surface area (Å²) in [6, 6.07) is 4.32. The lowest BCUT2D eigenvalue weighted by atomic mass is 10.1. The molecule has 0 bridgehead atoms. The summed E-state index contributed by atoms with van der Waals surface area (Å²) < 4.78 is 13.2. The van der Waals surface area contributed by atoms with Crippen LogP contribution in [0.5, 0.6) is 0 Å². The average Bonchev–Trinajstić information content (AvgIpc) is 2.27. The number of nitrogens with zero attached hydrogens (tertiary/aromatic N) is 1. The normalized spacial score (nSPS) is 9.76. The minimum Gasteiger partial charge on any atom is -0.370 e. The smallest absolute Gasteiger partial charge is 0.251 e. The molecule has 0 aliphatic rings. The second-order valence-electron chi connectivity index (χ2n) is 3.53. The van der Waals surface area contributed by atoms with Crippen LogP contribution in [0.15, 0.2) is 23.2 Å². The van der Waals surface area contributed by atoms with Gasteiger partial charge in [-0.3, -0.25) is 9.79 Å². The molecule has 1 rings (SSSR count). The highest BCUT2D eigenvalue weighted by Crippen LogP contribution is 2.08. The van der Waals surface area contributed by atoms with Crippen molar-refractivity contribution in [2.24, 2.45) is 16.5 Å². The first-order chi connectivity index (χ1) is 8.00. The predicted molar refractivity (Wildman–Crippen MR) is 64.1 cm³/mol. The average molecular weight is 238 g/mol. The van der Waals surface area contributed by atoms with Crippen LogP contribution >= 0.6 is 0 Å². The largest absolute Gasteiger partial charge is 0.370 e. The lowest BCUT2D eigenvalue weighted by Crippen LogP contribution is -2.28. The number of hydrogen-bond donors (Lipinski definition) is 3.